The number of aliphatic hydroxyl groups excluding tert-OH is 3. The molecule has 1 aliphatic rings. The molecule has 198 valence electrons. The number of carboxylic acid groups (broad SMARTS) is 2. The average Bonchev–Trinajstić information content (AvgIpc) is 2.74. The van der Waals surface area contributed by atoms with Crippen molar-refractivity contribution in [2.75, 3.05) is 13.2 Å². The maximum Gasteiger partial charge on any atom is 0.320 e. The molecule has 1 fully saturated rings. The van der Waals surface area contributed by atoms with Gasteiger partial charge in [0.05, 0.1) is 18.8 Å². The molecular formula is C19H36N4O11. The topological polar surface area (TPSA) is 264 Å². The summed E-state index contributed by atoms with van der Waals surface area (Å²) in [6, 6.07) is -2.65. The van der Waals surface area contributed by atoms with E-state index < -0.39 is 79.2 Å². The fourth-order valence-corrected chi connectivity index (χ4v) is 2.80. The Morgan fingerprint density at radius 3 is 2.18 bits per heavy atom. The Morgan fingerprint density at radius 2 is 1.74 bits per heavy atom. The van der Waals surface area contributed by atoms with Crippen molar-refractivity contribution >= 4 is 23.8 Å². The van der Waals surface area contributed by atoms with Crippen molar-refractivity contribution in [1.82, 2.24) is 10.6 Å². The number of carbonyl (C=O) groups is 4. The van der Waals surface area contributed by atoms with Gasteiger partial charge in [0.2, 0.25) is 11.8 Å². The van der Waals surface area contributed by atoms with Crippen molar-refractivity contribution in [2.45, 2.75) is 82.4 Å². The summed E-state index contributed by atoms with van der Waals surface area (Å²) in [5.74, 6) is -3.10. The van der Waals surface area contributed by atoms with E-state index in [1.807, 2.05) is 0 Å². The summed E-state index contributed by atoms with van der Waals surface area (Å²) in [5, 5.41) is 51.6. The molecule has 8 atom stereocenters. The molecule has 0 saturated carbocycles. The summed E-state index contributed by atoms with van der Waals surface area (Å²) in [6.07, 6.45) is -5.39. The molecule has 1 aliphatic heterocycles. The standard InChI is InChI=1S/C14H26N2O8.C5H10N2O3/c1-6(4-15-7(2)13(20)21)23-12-10(16-8(3)18)14(22)24-9(5-17)11(12)19;6-3(5(7)10)1-2-4(8)9/h6-7,9-12,14-15,17,19,22H,4-5H2,1-3H3,(H,16,18)(H,20,21);3H,1-2,6H2,(H2,7,10)(H,8,9)/t6?,7-,9+,10+,11+,12+,14-;3-/m01/s1. The number of hydrogen-bond donors (Lipinski definition) is 9. The van der Waals surface area contributed by atoms with Crippen molar-refractivity contribution < 1.29 is 54.2 Å². The quantitative estimate of drug-likeness (QED) is 0.125. The number of primary amides is 1. The highest BCUT2D eigenvalue weighted by atomic mass is 16.6. The second-order valence-corrected chi connectivity index (χ2v) is 7.79. The third-order valence-corrected chi connectivity index (χ3v) is 4.75. The second-order valence-electron chi connectivity index (χ2n) is 7.79. The van der Waals surface area contributed by atoms with Gasteiger partial charge in [-0.05, 0) is 20.3 Å². The largest absolute Gasteiger partial charge is 0.481 e. The molecule has 0 aromatic carbocycles. The molecule has 0 bridgehead atoms. The van der Waals surface area contributed by atoms with Crippen molar-refractivity contribution in [1.29, 1.82) is 0 Å². The van der Waals surface area contributed by atoms with Gasteiger partial charge in [-0.1, -0.05) is 0 Å². The molecule has 0 aromatic heterocycles. The highest BCUT2D eigenvalue weighted by Gasteiger charge is 2.46. The number of ether oxygens (including phenoxy) is 2. The Hall–Kier alpha value is -2.40. The van der Waals surface area contributed by atoms with Gasteiger partial charge < -0.3 is 57.1 Å². The van der Waals surface area contributed by atoms with E-state index in [1.54, 1.807) is 6.92 Å². The van der Waals surface area contributed by atoms with Gasteiger partial charge in [-0.3, -0.25) is 19.2 Å². The number of carboxylic acids is 2. The van der Waals surface area contributed by atoms with Crippen LogP contribution in [0.2, 0.25) is 0 Å². The summed E-state index contributed by atoms with van der Waals surface area (Å²) in [6.45, 7) is 4.00. The first-order chi connectivity index (χ1) is 15.7. The van der Waals surface area contributed by atoms with Crippen LogP contribution in [0.3, 0.4) is 0 Å². The lowest BCUT2D eigenvalue weighted by Gasteiger charge is -2.43. The average molecular weight is 497 g/mol. The smallest absolute Gasteiger partial charge is 0.320 e. The number of nitrogens with two attached hydrogens (primary N) is 2. The molecule has 34 heavy (non-hydrogen) atoms. The maximum absolute atomic E-state index is 11.3. The van der Waals surface area contributed by atoms with E-state index in [9.17, 15) is 34.5 Å². The Labute approximate surface area is 196 Å². The van der Waals surface area contributed by atoms with Crippen LogP contribution in [0.5, 0.6) is 0 Å². The molecule has 2 amide bonds. The zero-order valence-corrected chi connectivity index (χ0v) is 19.3. The molecule has 0 spiro atoms. The van der Waals surface area contributed by atoms with Crippen molar-refractivity contribution in [3.8, 4) is 0 Å². The molecule has 0 radical (unpaired) electrons. The van der Waals surface area contributed by atoms with Crippen molar-refractivity contribution in [3.63, 3.8) is 0 Å². The van der Waals surface area contributed by atoms with Crippen LogP contribution < -0.4 is 22.1 Å². The minimum absolute atomic E-state index is 0.102. The van der Waals surface area contributed by atoms with Crippen molar-refractivity contribution in [3.05, 3.63) is 0 Å². The second kappa shape index (κ2) is 15.5. The van der Waals surface area contributed by atoms with Crippen LogP contribution in [0, 0.1) is 0 Å². The molecule has 11 N–H and O–H groups in total. The maximum atomic E-state index is 11.3. The van der Waals surface area contributed by atoms with Gasteiger partial charge in [0.15, 0.2) is 6.29 Å². The van der Waals surface area contributed by atoms with Gasteiger partial charge in [0.25, 0.3) is 0 Å². The summed E-state index contributed by atoms with van der Waals surface area (Å²) in [4.78, 5) is 42.2. The molecule has 1 saturated heterocycles. The monoisotopic (exact) mass is 496 g/mol. The molecule has 0 aliphatic carbocycles. The van der Waals surface area contributed by atoms with E-state index >= 15 is 0 Å². The molecule has 1 rings (SSSR count). The lowest BCUT2D eigenvalue weighted by atomic mass is 9.96. The summed E-state index contributed by atoms with van der Waals surface area (Å²) < 4.78 is 10.7. The van der Waals surface area contributed by atoms with Gasteiger partial charge in [-0.15, -0.1) is 0 Å². The highest BCUT2D eigenvalue weighted by Crippen LogP contribution is 2.23. The zero-order valence-electron chi connectivity index (χ0n) is 19.3. The van der Waals surface area contributed by atoms with Crippen LogP contribution >= 0.6 is 0 Å². The lowest BCUT2D eigenvalue weighted by molar-refractivity contribution is -0.267. The number of hydrogen-bond acceptors (Lipinski definition) is 11. The summed E-state index contributed by atoms with van der Waals surface area (Å²) in [5.41, 5.74) is 9.89. The molecule has 1 heterocycles. The van der Waals surface area contributed by atoms with Crippen LogP contribution in [-0.2, 0) is 28.7 Å². The van der Waals surface area contributed by atoms with Crippen molar-refractivity contribution in [2.24, 2.45) is 11.5 Å². The molecule has 15 heteroatoms. The van der Waals surface area contributed by atoms with E-state index in [0.717, 1.165) is 0 Å². The molecule has 0 aromatic rings. The molecule has 15 nitrogen and oxygen atoms in total. The van der Waals surface area contributed by atoms with E-state index in [-0.39, 0.29) is 19.4 Å². The Balaban J connectivity index is 0.000000916. The Bertz CT molecular complexity index is 681. The van der Waals surface area contributed by atoms with Gasteiger partial charge in [-0.2, -0.15) is 0 Å². The van der Waals surface area contributed by atoms with Gasteiger partial charge in [0.1, 0.15) is 30.4 Å². The van der Waals surface area contributed by atoms with E-state index in [2.05, 4.69) is 10.6 Å². The van der Waals surface area contributed by atoms with Crippen LogP contribution in [0.15, 0.2) is 0 Å². The number of nitrogens with one attached hydrogen (secondary N) is 2. The van der Waals surface area contributed by atoms with E-state index in [4.69, 9.17) is 31.2 Å². The van der Waals surface area contributed by atoms with Gasteiger partial charge >= 0.3 is 11.9 Å². The number of carbonyl (C=O) groups excluding carboxylic acids is 2. The van der Waals surface area contributed by atoms with Gasteiger partial charge in [0, 0.05) is 19.9 Å². The minimum Gasteiger partial charge on any atom is -0.481 e. The van der Waals surface area contributed by atoms with Crippen LogP contribution in [-0.4, -0.2) is 111 Å². The number of rotatable bonds is 12. The fourth-order valence-electron chi connectivity index (χ4n) is 2.80. The predicted molar refractivity (Wildman–Crippen MR) is 115 cm³/mol. The zero-order chi connectivity index (χ0) is 26.6. The normalized spacial score (nSPS) is 26.9. The Kier molecular flexibility index (Phi) is 14.4. The third kappa shape index (κ3) is 11.6. The van der Waals surface area contributed by atoms with Crippen LogP contribution in [0.25, 0.3) is 0 Å². The summed E-state index contributed by atoms with van der Waals surface area (Å²) >= 11 is 0. The van der Waals surface area contributed by atoms with Gasteiger partial charge in [-0.25, -0.2) is 0 Å². The highest BCUT2D eigenvalue weighted by molar-refractivity contribution is 5.80. The minimum atomic E-state index is -1.46. The third-order valence-electron chi connectivity index (χ3n) is 4.75. The number of aliphatic hydroxyl groups is 3. The Morgan fingerprint density at radius 1 is 1.15 bits per heavy atom. The van der Waals surface area contributed by atoms with Crippen LogP contribution in [0.4, 0.5) is 0 Å². The first-order valence-electron chi connectivity index (χ1n) is 10.5. The fraction of sp³-hybridized carbons (Fsp3) is 0.789. The molecular weight excluding hydrogens is 460 g/mol. The number of aliphatic carboxylic acids is 2. The SMILES string of the molecule is CC(=O)N[C@@H]1[C@@H](OC(C)CN[C@@H](C)C(=O)O)[C@H](O)[C@@H](CO)O[C@@H]1O.NC(=O)[C@H](N)CCC(=O)O. The number of amides is 2. The first kappa shape index (κ1) is 31.6. The van der Waals surface area contributed by atoms with Crippen LogP contribution in [0.1, 0.15) is 33.6 Å². The van der Waals surface area contributed by atoms with E-state index in [0.29, 0.717) is 0 Å². The van der Waals surface area contributed by atoms with E-state index in [1.165, 1.54) is 13.8 Å². The summed E-state index contributed by atoms with van der Waals surface area (Å²) in [7, 11) is 0. The lowest BCUT2D eigenvalue weighted by Crippen LogP contribution is -2.65. The predicted octanol–water partition coefficient (Wildman–Crippen LogP) is -3.94. The molecule has 1 unspecified atom stereocenters. The first-order valence-corrected chi connectivity index (χ1v) is 10.5.